The van der Waals surface area contributed by atoms with Crippen LogP contribution in [0.15, 0.2) is 60.8 Å². The second-order valence-electron chi connectivity index (χ2n) is 7.65. The molecule has 0 bridgehead atoms. The van der Waals surface area contributed by atoms with Crippen LogP contribution in [0.3, 0.4) is 0 Å². The minimum Gasteiger partial charge on any atom is -0.350 e. The number of halogens is 4. The molecule has 1 atom stereocenters. The number of benzene rings is 2. The Balaban J connectivity index is 1.61. The van der Waals surface area contributed by atoms with E-state index in [0.717, 1.165) is 43.8 Å². The van der Waals surface area contributed by atoms with E-state index in [9.17, 15) is 22.4 Å². The zero-order valence-electron chi connectivity index (χ0n) is 17.1. The molecule has 32 heavy (non-hydrogen) atoms. The number of aromatic nitrogens is 2. The minimum absolute atomic E-state index is 0.144. The molecule has 3 aromatic rings. The lowest BCUT2D eigenvalue weighted by Crippen LogP contribution is -2.37. The van der Waals surface area contributed by atoms with Gasteiger partial charge >= 0.3 is 6.18 Å². The first-order chi connectivity index (χ1) is 15.4. The van der Waals surface area contributed by atoms with Crippen molar-refractivity contribution in [3.8, 4) is 5.69 Å². The number of nitrogens with one attached hydrogen (secondary N) is 1. The van der Waals surface area contributed by atoms with Crippen LogP contribution in [0, 0.1) is 5.82 Å². The first-order valence-corrected chi connectivity index (χ1v) is 10.3. The van der Waals surface area contributed by atoms with Crippen molar-refractivity contribution in [2.45, 2.75) is 25.1 Å². The standard InChI is InChI=1S/C23H22F4N4O/c24-18-10-4-5-11-19(18)31-21(23(25,26)27)17(14-29-31)22(32)28-15-20(30-12-6-7-13-30)16-8-2-1-3-9-16/h1-5,8-11,14,20H,6-7,12-13,15H2,(H,28,32). The highest BCUT2D eigenvalue weighted by molar-refractivity contribution is 5.95. The molecule has 2 heterocycles. The van der Waals surface area contributed by atoms with Crippen LogP contribution in [0.5, 0.6) is 0 Å². The van der Waals surface area contributed by atoms with Crippen LogP contribution in [0.2, 0.25) is 0 Å². The van der Waals surface area contributed by atoms with Crippen molar-refractivity contribution < 1.29 is 22.4 Å². The van der Waals surface area contributed by atoms with Crippen molar-refractivity contribution in [2.75, 3.05) is 19.6 Å². The van der Waals surface area contributed by atoms with Crippen molar-refractivity contribution in [3.63, 3.8) is 0 Å². The van der Waals surface area contributed by atoms with Crippen LogP contribution >= 0.6 is 0 Å². The summed E-state index contributed by atoms with van der Waals surface area (Å²) in [5.74, 6) is -1.77. The summed E-state index contributed by atoms with van der Waals surface area (Å²) in [7, 11) is 0. The molecular weight excluding hydrogens is 424 g/mol. The molecule has 0 aliphatic carbocycles. The predicted octanol–water partition coefficient (Wildman–Crippen LogP) is 4.60. The van der Waals surface area contributed by atoms with Crippen molar-refractivity contribution in [1.82, 2.24) is 20.0 Å². The van der Waals surface area contributed by atoms with Gasteiger partial charge in [0.1, 0.15) is 11.5 Å². The zero-order valence-corrected chi connectivity index (χ0v) is 17.1. The van der Waals surface area contributed by atoms with Gasteiger partial charge in [0.2, 0.25) is 0 Å². The molecule has 1 saturated heterocycles. The number of rotatable bonds is 6. The first-order valence-electron chi connectivity index (χ1n) is 10.3. The van der Waals surface area contributed by atoms with Crippen LogP contribution < -0.4 is 5.32 Å². The van der Waals surface area contributed by atoms with Gasteiger partial charge in [-0.25, -0.2) is 9.07 Å². The van der Waals surface area contributed by atoms with E-state index in [1.54, 1.807) is 0 Å². The van der Waals surface area contributed by atoms with Crippen LogP contribution in [-0.4, -0.2) is 40.2 Å². The third kappa shape index (κ3) is 4.52. The number of likely N-dealkylation sites (tertiary alicyclic amines) is 1. The van der Waals surface area contributed by atoms with Gasteiger partial charge in [-0.05, 0) is 43.6 Å². The second kappa shape index (κ2) is 9.12. The Labute approximate surface area is 182 Å². The van der Waals surface area contributed by atoms with E-state index < -0.39 is 29.2 Å². The van der Waals surface area contributed by atoms with Crippen LogP contribution in [0.1, 0.15) is 40.5 Å². The number of hydrogen-bond donors (Lipinski definition) is 1. The summed E-state index contributed by atoms with van der Waals surface area (Å²) in [5.41, 5.74) is -1.35. The number of amides is 1. The normalized spacial score (nSPS) is 15.6. The van der Waals surface area contributed by atoms with Crippen LogP contribution in [-0.2, 0) is 6.18 Å². The maximum Gasteiger partial charge on any atom is 0.434 e. The largest absolute Gasteiger partial charge is 0.434 e. The van der Waals surface area contributed by atoms with Crippen molar-refractivity contribution in [2.24, 2.45) is 0 Å². The lowest BCUT2D eigenvalue weighted by molar-refractivity contribution is -0.143. The minimum atomic E-state index is -4.90. The molecule has 168 valence electrons. The van der Waals surface area contributed by atoms with Crippen LogP contribution in [0.25, 0.3) is 5.69 Å². The molecule has 0 spiro atoms. The molecule has 2 aromatic carbocycles. The second-order valence-corrected chi connectivity index (χ2v) is 7.65. The number of nitrogens with zero attached hydrogens (tertiary/aromatic N) is 3. The fourth-order valence-corrected chi connectivity index (χ4v) is 4.06. The smallest absolute Gasteiger partial charge is 0.350 e. The van der Waals surface area contributed by atoms with E-state index in [0.29, 0.717) is 4.68 Å². The molecule has 1 amide bonds. The first kappa shape index (κ1) is 22.0. The Morgan fingerprint density at radius 3 is 2.34 bits per heavy atom. The molecular formula is C23H22F4N4O. The highest BCUT2D eigenvalue weighted by atomic mass is 19.4. The average molecular weight is 446 g/mol. The number of carbonyl (C=O) groups excluding carboxylic acids is 1. The molecule has 5 nitrogen and oxygen atoms in total. The summed E-state index contributed by atoms with van der Waals surface area (Å²) in [4.78, 5) is 15.0. The number of para-hydroxylation sites is 1. The summed E-state index contributed by atoms with van der Waals surface area (Å²) in [6.07, 6.45) is -2.01. The van der Waals surface area contributed by atoms with Gasteiger partial charge in [-0.15, -0.1) is 0 Å². The van der Waals surface area contributed by atoms with Crippen molar-refractivity contribution >= 4 is 5.91 Å². The van der Waals surface area contributed by atoms with Crippen molar-refractivity contribution in [3.05, 3.63) is 83.4 Å². The van der Waals surface area contributed by atoms with E-state index in [4.69, 9.17) is 0 Å². The van der Waals surface area contributed by atoms with Gasteiger partial charge in [-0.3, -0.25) is 9.69 Å². The predicted molar refractivity (Wildman–Crippen MR) is 111 cm³/mol. The summed E-state index contributed by atoms with van der Waals surface area (Å²) in [6, 6.07) is 14.4. The summed E-state index contributed by atoms with van der Waals surface area (Å²) < 4.78 is 56.1. The van der Waals surface area contributed by atoms with Gasteiger partial charge in [-0.2, -0.15) is 18.3 Å². The highest BCUT2D eigenvalue weighted by Gasteiger charge is 2.41. The zero-order chi connectivity index (χ0) is 22.7. The summed E-state index contributed by atoms with van der Waals surface area (Å²) in [5, 5.41) is 6.32. The molecule has 0 saturated carbocycles. The lowest BCUT2D eigenvalue weighted by atomic mass is 10.1. The monoisotopic (exact) mass is 446 g/mol. The summed E-state index contributed by atoms with van der Waals surface area (Å²) >= 11 is 0. The average Bonchev–Trinajstić information content (AvgIpc) is 3.45. The molecule has 0 radical (unpaired) electrons. The quantitative estimate of drug-likeness (QED) is 0.564. The molecule has 1 fully saturated rings. The van der Waals surface area contributed by atoms with E-state index in [2.05, 4.69) is 15.3 Å². The van der Waals surface area contributed by atoms with E-state index in [-0.39, 0.29) is 18.3 Å². The third-order valence-electron chi connectivity index (χ3n) is 5.58. The summed E-state index contributed by atoms with van der Waals surface area (Å²) in [6.45, 7) is 1.86. The Morgan fingerprint density at radius 2 is 1.69 bits per heavy atom. The van der Waals surface area contributed by atoms with Gasteiger partial charge in [0.15, 0.2) is 5.69 Å². The fourth-order valence-electron chi connectivity index (χ4n) is 4.06. The van der Waals surface area contributed by atoms with Gasteiger partial charge in [0.25, 0.3) is 5.91 Å². The highest BCUT2D eigenvalue weighted by Crippen LogP contribution is 2.34. The van der Waals surface area contributed by atoms with Gasteiger partial charge in [0, 0.05) is 6.54 Å². The topological polar surface area (TPSA) is 50.2 Å². The number of hydrogen-bond acceptors (Lipinski definition) is 3. The Morgan fingerprint density at radius 1 is 1.03 bits per heavy atom. The SMILES string of the molecule is O=C(NCC(c1ccccc1)N1CCCC1)c1cnn(-c2ccccc2F)c1C(F)(F)F. The third-order valence-corrected chi connectivity index (χ3v) is 5.58. The molecule has 9 heteroatoms. The number of alkyl halides is 3. The van der Waals surface area contributed by atoms with E-state index >= 15 is 0 Å². The maximum absolute atomic E-state index is 14.1. The van der Waals surface area contributed by atoms with Crippen LogP contribution in [0.4, 0.5) is 17.6 Å². The van der Waals surface area contributed by atoms with E-state index in [1.807, 2.05) is 30.3 Å². The Bertz CT molecular complexity index is 1080. The van der Waals surface area contributed by atoms with Gasteiger partial charge in [0.05, 0.1) is 17.8 Å². The molecule has 1 aliphatic rings. The number of carbonyl (C=O) groups is 1. The van der Waals surface area contributed by atoms with Gasteiger partial charge in [-0.1, -0.05) is 42.5 Å². The maximum atomic E-state index is 14.1. The Kier molecular flexibility index (Phi) is 6.27. The molecule has 4 rings (SSSR count). The molecule has 1 aliphatic heterocycles. The lowest BCUT2D eigenvalue weighted by Gasteiger charge is -2.28. The van der Waals surface area contributed by atoms with Gasteiger partial charge < -0.3 is 5.32 Å². The van der Waals surface area contributed by atoms with Crippen molar-refractivity contribution in [1.29, 1.82) is 0 Å². The fraction of sp³-hybridized carbons (Fsp3) is 0.304. The Hall–Kier alpha value is -3.20. The van der Waals surface area contributed by atoms with E-state index in [1.165, 1.54) is 18.2 Å². The molecule has 1 unspecified atom stereocenters. The molecule has 1 N–H and O–H groups in total. The molecule has 1 aromatic heterocycles.